The van der Waals surface area contributed by atoms with Crippen molar-refractivity contribution in [2.75, 3.05) is 42.3 Å². The van der Waals surface area contributed by atoms with Crippen LogP contribution in [0.15, 0.2) is 29.3 Å². The summed E-state index contributed by atoms with van der Waals surface area (Å²) in [6, 6.07) is 3.84. The van der Waals surface area contributed by atoms with Gasteiger partial charge in [0, 0.05) is 43.8 Å². The Kier molecular flexibility index (Phi) is 7.10. The molecule has 3 aromatic rings. The number of alkyl halides is 1. The highest BCUT2D eigenvalue weighted by molar-refractivity contribution is 6.27. The standard InChI is InChI=1S/C26H30ClN7O3/c1-16-20-15-29-26(31-24(20)34(18-5-3-4-6-18)25(37)23(16)17(2)35)30-21-8-7-19(14-28-21)32-9-11-33(12-10-32)22(36)13-27/h7-8,14-15,18H,3-6,9-13H2,1-2H3,(H,28,29,30,31). The quantitative estimate of drug-likeness (QED) is 0.386. The molecule has 1 aliphatic carbocycles. The fraction of sp³-hybridized carbons (Fsp3) is 0.462. The lowest BCUT2D eigenvalue weighted by Gasteiger charge is -2.35. The van der Waals surface area contributed by atoms with Crippen LogP contribution in [0.3, 0.4) is 0 Å². The SMILES string of the molecule is CC(=O)c1c(C)c2cnc(Nc3ccc(N4CCN(C(=O)CCl)CC4)cn3)nc2n(C2CCCC2)c1=O. The largest absolute Gasteiger partial charge is 0.367 e. The van der Waals surface area contributed by atoms with E-state index in [2.05, 4.69) is 20.2 Å². The summed E-state index contributed by atoms with van der Waals surface area (Å²) in [4.78, 5) is 55.1. The number of aryl methyl sites for hydroxylation is 1. The van der Waals surface area contributed by atoms with Crippen molar-refractivity contribution in [2.24, 2.45) is 0 Å². The molecule has 1 saturated heterocycles. The van der Waals surface area contributed by atoms with Crippen molar-refractivity contribution in [3.05, 3.63) is 46.0 Å². The molecule has 10 nitrogen and oxygen atoms in total. The number of fused-ring (bicyclic) bond motifs is 1. The number of ketones is 1. The van der Waals surface area contributed by atoms with Gasteiger partial charge in [-0.05, 0) is 44.4 Å². The Morgan fingerprint density at radius 2 is 1.81 bits per heavy atom. The monoisotopic (exact) mass is 523 g/mol. The minimum absolute atomic E-state index is 0.00695. The van der Waals surface area contributed by atoms with Gasteiger partial charge in [0.05, 0.1) is 17.4 Å². The third-order valence-corrected chi connectivity index (χ3v) is 7.58. The number of halogens is 1. The van der Waals surface area contributed by atoms with Crippen molar-refractivity contribution in [3.63, 3.8) is 0 Å². The van der Waals surface area contributed by atoms with E-state index >= 15 is 0 Å². The zero-order valence-electron chi connectivity index (χ0n) is 21.0. The molecule has 1 aliphatic heterocycles. The first kappa shape index (κ1) is 25.1. The van der Waals surface area contributed by atoms with Crippen molar-refractivity contribution in [3.8, 4) is 0 Å². The van der Waals surface area contributed by atoms with Crippen LogP contribution < -0.4 is 15.8 Å². The molecule has 5 rings (SSSR count). The Bertz CT molecular complexity index is 1390. The van der Waals surface area contributed by atoms with Gasteiger partial charge in [-0.1, -0.05) is 12.8 Å². The average molecular weight is 524 g/mol. The second-order valence-corrected chi connectivity index (χ2v) is 9.90. The number of rotatable bonds is 6. The number of piperazine rings is 1. The van der Waals surface area contributed by atoms with Crippen molar-refractivity contribution >= 4 is 51.8 Å². The van der Waals surface area contributed by atoms with Crippen molar-refractivity contribution in [1.82, 2.24) is 24.4 Å². The molecule has 37 heavy (non-hydrogen) atoms. The van der Waals surface area contributed by atoms with Crippen molar-refractivity contribution < 1.29 is 9.59 Å². The van der Waals surface area contributed by atoms with E-state index in [0.29, 0.717) is 54.5 Å². The second kappa shape index (κ2) is 10.5. The molecular formula is C26H30ClN7O3. The molecule has 2 fully saturated rings. The number of amides is 1. The van der Waals surface area contributed by atoms with Gasteiger partial charge < -0.3 is 15.1 Å². The Labute approximate surface area is 219 Å². The van der Waals surface area contributed by atoms with Gasteiger partial charge in [0.15, 0.2) is 5.78 Å². The highest BCUT2D eigenvalue weighted by Crippen LogP contribution is 2.32. The fourth-order valence-corrected chi connectivity index (χ4v) is 5.54. The summed E-state index contributed by atoms with van der Waals surface area (Å²) in [6.45, 7) is 5.89. The first-order chi connectivity index (χ1) is 17.9. The predicted molar refractivity (Wildman–Crippen MR) is 143 cm³/mol. The molecule has 3 aromatic heterocycles. The number of Topliss-reactive ketones (excluding diaryl/α,β-unsaturated/α-hetero) is 1. The summed E-state index contributed by atoms with van der Waals surface area (Å²) in [5, 5.41) is 3.85. The Morgan fingerprint density at radius 3 is 2.43 bits per heavy atom. The third kappa shape index (κ3) is 4.90. The van der Waals surface area contributed by atoms with Crippen LogP contribution in [0.2, 0.25) is 0 Å². The van der Waals surface area contributed by atoms with Crippen LogP contribution in [0, 0.1) is 6.92 Å². The molecule has 1 N–H and O–H groups in total. The van der Waals surface area contributed by atoms with E-state index in [4.69, 9.17) is 16.6 Å². The van der Waals surface area contributed by atoms with E-state index in [-0.39, 0.29) is 34.7 Å². The lowest BCUT2D eigenvalue weighted by atomic mass is 10.0. The first-order valence-corrected chi connectivity index (χ1v) is 13.2. The van der Waals surface area contributed by atoms with Gasteiger partial charge in [0.1, 0.15) is 17.3 Å². The van der Waals surface area contributed by atoms with E-state index in [1.54, 1.807) is 28.8 Å². The summed E-state index contributed by atoms with van der Waals surface area (Å²) in [7, 11) is 0. The van der Waals surface area contributed by atoms with Gasteiger partial charge in [0.2, 0.25) is 11.9 Å². The number of nitrogens with zero attached hydrogens (tertiary/aromatic N) is 6. The van der Waals surface area contributed by atoms with Crippen LogP contribution in [-0.4, -0.2) is 68.2 Å². The van der Waals surface area contributed by atoms with Crippen LogP contribution in [0.4, 0.5) is 17.5 Å². The molecule has 194 valence electrons. The van der Waals surface area contributed by atoms with Gasteiger partial charge in [-0.15, -0.1) is 11.6 Å². The van der Waals surface area contributed by atoms with Crippen LogP contribution in [0.25, 0.3) is 11.0 Å². The lowest BCUT2D eigenvalue weighted by Crippen LogP contribution is -2.49. The first-order valence-electron chi connectivity index (χ1n) is 12.6. The molecule has 1 saturated carbocycles. The van der Waals surface area contributed by atoms with Crippen LogP contribution in [-0.2, 0) is 4.79 Å². The van der Waals surface area contributed by atoms with E-state index in [1.165, 1.54) is 6.92 Å². The second-order valence-electron chi connectivity index (χ2n) is 9.63. The Balaban J connectivity index is 1.40. The number of nitrogens with one attached hydrogen (secondary N) is 1. The molecular weight excluding hydrogens is 494 g/mol. The molecule has 4 heterocycles. The zero-order chi connectivity index (χ0) is 26.1. The van der Waals surface area contributed by atoms with Gasteiger partial charge in [-0.3, -0.25) is 19.0 Å². The average Bonchev–Trinajstić information content (AvgIpc) is 3.43. The maximum atomic E-state index is 13.4. The van der Waals surface area contributed by atoms with E-state index in [0.717, 1.165) is 31.4 Å². The minimum Gasteiger partial charge on any atom is -0.367 e. The number of hydrogen-bond donors (Lipinski definition) is 1. The molecule has 0 radical (unpaired) electrons. The van der Waals surface area contributed by atoms with E-state index in [9.17, 15) is 14.4 Å². The fourth-order valence-electron chi connectivity index (χ4n) is 5.37. The van der Waals surface area contributed by atoms with Crippen LogP contribution in [0.5, 0.6) is 0 Å². The highest BCUT2D eigenvalue weighted by Gasteiger charge is 2.26. The summed E-state index contributed by atoms with van der Waals surface area (Å²) < 4.78 is 1.70. The maximum absolute atomic E-state index is 13.4. The molecule has 0 aromatic carbocycles. The molecule has 0 bridgehead atoms. The Hall–Kier alpha value is -3.53. The normalized spacial score (nSPS) is 16.4. The van der Waals surface area contributed by atoms with E-state index in [1.807, 2.05) is 12.1 Å². The van der Waals surface area contributed by atoms with Gasteiger partial charge in [-0.25, -0.2) is 9.97 Å². The predicted octanol–water partition coefficient (Wildman–Crippen LogP) is 3.44. The highest BCUT2D eigenvalue weighted by atomic mass is 35.5. The van der Waals surface area contributed by atoms with Gasteiger partial charge in [-0.2, -0.15) is 4.98 Å². The van der Waals surface area contributed by atoms with Crippen LogP contribution >= 0.6 is 11.6 Å². The maximum Gasteiger partial charge on any atom is 0.263 e. The molecule has 1 amide bonds. The minimum atomic E-state index is -0.274. The third-order valence-electron chi connectivity index (χ3n) is 7.35. The smallest absolute Gasteiger partial charge is 0.263 e. The number of hydrogen-bond acceptors (Lipinski definition) is 8. The van der Waals surface area contributed by atoms with Gasteiger partial charge >= 0.3 is 0 Å². The zero-order valence-corrected chi connectivity index (χ0v) is 21.8. The molecule has 0 spiro atoms. The number of anilines is 3. The summed E-state index contributed by atoms with van der Waals surface area (Å²) in [5.41, 5.74) is 2.06. The number of pyridine rings is 2. The summed E-state index contributed by atoms with van der Waals surface area (Å²) >= 11 is 5.67. The lowest BCUT2D eigenvalue weighted by molar-refractivity contribution is -0.128. The van der Waals surface area contributed by atoms with E-state index < -0.39 is 0 Å². The summed E-state index contributed by atoms with van der Waals surface area (Å²) in [5.74, 6) is 0.635. The number of aromatic nitrogens is 4. The number of carbonyl (C=O) groups is 2. The van der Waals surface area contributed by atoms with Gasteiger partial charge in [0.25, 0.3) is 5.56 Å². The Morgan fingerprint density at radius 1 is 1.08 bits per heavy atom. The molecule has 2 aliphatic rings. The topological polar surface area (TPSA) is 113 Å². The molecule has 0 unspecified atom stereocenters. The molecule has 11 heteroatoms. The summed E-state index contributed by atoms with van der Waals surface area (Å²) in [6.07, 6.45) is 7.32. The van der Waals surface area contributed by atoms with Crippen LogP contribution in [0.1, 0.15) is 54.6 Å². The van der Waals surface area contributed by atoms with Crippen molar-refractivity contribution in [1.29, 1.82) is 0 Å². The van der Waals surface area contributed by atoms with Crippen molar-refractivity contribution in [2.45, 2.75) is 45.6 Å². The number of carbonyl (C=O) groups excluding carboxylic acids is 2. The molecule has 0 atom stereocenters.